The van der Waals surface area contributed by atoms with Gasteiger partial charge in [-0.1, -0.05) is 0 Å². The van der Waals surface area contributed by atoms with Crippen molar-refractivity contribution in [2.75, 3.05) is 6.54 Å². The summed E-state index contributed by atoms with van der Waals surface area (Å²) in [6.45, 7) is 0.628. The minimum absolute atomic E-state index is 0.253. The summed E-state index contributed by atoms with van der Waals surface area (Å²) in [7, 11) is 0. The Morgan fingerprint density at radius 1 is 1.33 bits per heavy atom. The first-order valence-corrected chi connectivity index (χ1v) is 4.00. The molecule has 4 heteroatoms. The summed E-state index contributed by atoms with van der Waals surface area (Å²) in [6.07, 6.45) is 3.76. The largest absolute Gasteiger partial charge is 0.330 e. The first kappa shape index (κ1) is 8.93. The molecule has 4 nitrogen and oxygen atoms in total. The molecule has 1 aliphatic rings. The van der Waals surface area contributed by atoms with Gasteiger partial charge in [-0.2, -0.15) is 0 Å². The molecule has 0 aliphatic carbocycles. The first-order valence-electron chi connectivity index (χ1n) is 4.00. The molecule has 1 heterocycles. The van der Waals surface area contributed by atoms with Crippen LogP contribution in [0.25, 0.3) is 0 Å². The number of nitrogens with two attached hydrogens (primary N) is 1. The Kier molecular flexibility index (Phi) is 2.99. The average molecular weight is 168 g/mol. The van der Waals surface area contributed by atoms with E-state index in [1.54, 1.807) is 0 Å². The highest BCUT2D eigenvalue weighted by atomic mass is 16.2. The predicted octanol–water partition coefficient (Wildman–Crippen LogP) is -0.302. The van der Waals surface area contributed by atoms with Crippen molar-refractivity contribution in [3.63, 3.8) is 0 Å². The lowest BCUT2D eigenvalue weighted by molar-refractivity contribution is -0.123. The second-order valence-electron chi connectivity index (χ2n) is 2.73. The molecule has 0 aromatic rings. The van der Waals surface area contributed by atoms with Gasteiger partial charge in [0.2, 0.25) is 0 Å². The molecule has 0 fully saturated rings. The lowest BCUT2D eigenvalue weighted by atomic mass is 10.1. The number of nitrogens with one attached hydrogen (secondary N) is 1. The van der Waals surface area contributed by atoms with Gasteiger partial charge in [-0.3, -0.25) is 14.9 Å². The molecule has 66 valence electrons. The molecule has 0 unspecified atom stereocenters. The van der Waals surface area contributed by atoms with Crippen LogP contribution >= 0.6 is 0 Å². The minimum Gasteiger partial charge on any atom is -0.330 e. The van der Waals surface area contributed by atoms with Gasteiger partial charge in [0.1, 0.15) is 0 Å². The summed E-state index contributed by atoms with van der Waals surface area (Å²) >= 11 is 0. The van der Waals surface area contributed by atoms with E-state index in [0.29, 0.717) is 18.5 Å². The van der Waals surface area contributed by atoms with E-state index in [0.717, 1.165) is 12.8 Å². The molecule has 0 aromatic carbocycles. The summed E-state index contributed by atoms with van der Waals surface area (Å²) in [4.78, 5) is 21.6. The molecule has 0 saturated heterocycles. The molecule has 0 radical (unpaired) electrons. The summed E-state index contributed by atoms with van der Waals surface area (Å²) in [5.74, 6) is -0.556. The number of rotatable bonds is 4. The lowest BCUT2D eigenvalue weighted by Gasteiger charge is -1.97. The number of carbonyl (C=O) groups is 2. The molecule has 0 aromatic heterocycles. The molecular weight excluding hydrogens is 156 g/mol. The molecule has 1 aliphatic heterocycles. The van der Waals surface area contributed by atoms with Gasteiger partial charge in [0, 0.05) is 11.6 Å². The number of hydrogen-bond donors (Lipinski definition) is 2. The fourth-order valence-corrected chi connectivity index (χ4v) is 1.10. The Morgan fingerprint density at radius 2 is 2.08 bits per heavy atom. The van der Waals surface area contributed by atoms with E-state index in [1.807, 2.05) is 0 Å². The van der Waals surface area contributed by atoms with Crippen molar-refractivity contribution >= 4 is 11.8 Å². The molecule has 3 N–H and O–H groups in total. The van der Waals surface area contributed by atoms with Crippen molar-refractivity contribution < 1.29 is 9.59 Å². The number of imide groups is 1. The van der Waals surface area contributed by atoms with E-state index in [-0.39, 0.29) is 11.8 Å². The normalized spacial score (nSPS) is 16.2. The van der Waals surface area contributed by atoms with E-state index in [1.165, 1.54) is 6.08 Å². The quantitative estimate of drug-likeness (QED) is 0.447. The minimum atomic E-state index is -0.303. The first-order chi connectivity index (χ1) is 5.74. The third kappa shape index (κ3) is 2.17. The van der Waals surface area contributed by atoms with Crippen molar-refractivity contribution in [2.45, 2.75) is 19.3 Å². The van der Waals surface area contributed by atoms with Crippen molar-refractivity contribution in [1.29, 1.82) is 0 Å². The fourth-order valence-electron chi connectivity index (χ4n) is 1.10. The Morgan fingerprint density at radius 3 is 2.58 bits per heavy atom. The third-order valence-electron chi connectivity index (χ3n) is 1.73. The van der Waals surface area contributed by atoms with Crippen LogP contribution in [0.1, 0.15) is 19.3 Å². The van der Waals surface area contributed by atoms with Crippen LogP contribution in [-0.2, 0) is 9.59 Å². The maximum Gasteiger partial charge on any atom is 0.254 e. The van der Waals surface area contributed by atoms with Gasteiger partial charge >= 0.3 is 0 Å². The Balaban J connectivity index is 2.36. The van der Waals surface area contributed by atoms with Gasteiger partial charge in [-0.25, -0.2) is 0 Å². The molecule has 2 amide bonds. The van der Waals surface area contributed by atoms with E-state index in [9.17, 15) is 9.59 Å². The Labute approximate surface area is 70.8 Å². The zero-order valence-corrected chi connectivity index (χ0v) is 6.80. The van der Waals surface area contributed by atoms with Crippen LogP contribution in [0.3, 0.4) is 0 Å². The monoisotopic (exact) mass is 168 g/mol. The standard InChI is InChI=1S/C8H12N2O2/c9-4-2-1-3-6-5-7(11)10-8(6)12/h5H,1-4,9H2,(H,10,11,12). The molecule has 0 bridgehead atoms. The van der Waals surface area contributed by atoms with Gasteiger partial charge < -0.3 is 5.73 Å². The zero-order valence-electron chi connectivity index (χ0n) is 6.80. The van der Waals surface area contributed by atoms with Gasteiger partial charge in [-0.15, -0.1) is 0 Å². The SMILES string of the molecule is NCCCCC1=CC(=O)NC1=O. The maximum absolute atomic E-state index is 10.9. The third-order valence-corrected chi connectivity index (χ3v) is 1.73. The number of unbranched alkanes of at least 4 members (excludes halogenated alkanes) is 1. The molecule has 0 atom stereocenters. The molecular formula is C8H12N2O2. The topological polar surface area (TPSA) is 72.2 Å². The number of amides is 2. The average Bonchev–Trinajstić information content (AvgIpc) is 2.31. The summed E-state index contributed by atoms with van der Waals surface area (Å²) in [6, 6.07) is 0. The zero-order chi connectivity index (χ0) is 8.97. The number of hydrogen-bond acceptors (Lipinski definition) is 3. The Hall–Kier alpha value is -1.16. The van der Waals surface area contributed by atoms with Gasteiger partial charge in [0.15, 0.2) is 0 Å². The van der Waals surface area contributed by atoms with E-state index < -0.39 is 0 Å². The van der Waals surface area contributed by atoms with Crippen LogP contribution in [0.15, 0.2) is 11.6 Å². The van der Waals surface area contributed by atoms with Crippen LogP contribution < -0.4 is 11.1 Å². The van der Waals surface area contributed by atoms with Crippen molar-refractivity contribution in [3.05, 3.63) is 11.6 Å². The van der Waals surface area contributed by atoms with Crippen LogP contribution in [-0.4, -0.2) is 18.4 Å². The molecule has 0 spiro atoms. The van der Waals surface area contributed by atoms with Crippen molar-refractivity contribution in [2.24, 2.45) is 5.73 Å². The summed E-state index contributed by atoms with van der Waals surface area (Å²) in [5.41, 5.74) is 5.87. The van der Waals surface area contributed by atoms with E-state index in [4.69, 9.17) is 5.73 Å². The highest BCUT2D eigenvalue weighted by Gasteiger charge is 2.19. The smallest absolute Gasteiger partial charge is 0.254 e. The highest BCUT2D eigenvalue weighted by molar-refractivity contribution is 6.16. The van der Waals surface area contributed by atoms with Gasteiger partial charge in [-0.05, 0) is 25.8 Å². The highest BCUT2D eigenvalue weighted by Crippen LogP contribution is 2.10. The van der Waals surface area contributed by atoms with Crippen LogP contribution in [0, 0.1) is 0 Å². The second-order valence-corrected chi connectivity index (χ2v) is 2.73. The van der Waals surface area contributed by atoms with Crippen LogP contribution in [0.2, 0.25) is 0 Å². The molecule has 12 heavy (non-hydrogen) atoms. The summed E-state index contributed by atoms with van der Waals surface area (Å²) < 4.78 is 0. The lowest BCUT2D eigenvalue weighted by Crippen LogP contribution is -2.22. The van der Waals surface area contributed by atoms with Gasteiger partial charge in [0.25, 0.3) is 11.8 Å². The van der Waals surface area contributed by atoms with Crippen LogP contribution in [0.5, 0.6) is 0 Å². The van der Waals surface area contributed by atoms with Crippen LogP contribution in [0.4, 0.5) is 0 Å². The maximum atomic E-state index is 10.9. The van der Waals surface area contributed by atoms with E-state index in [2.05, 4.69) is 5.32 Å². The number of carbonyl (C=O) groups excluding carboxylic acids is 2. The Bertz CT molecular complexity index is 233. The predicted molar refractivity (Wildman–Crippen MR) is 44.1 cm³/mol. The second kappa shape index (κ2) is 4.01. The van der Waals surface area contributed by atoms with Crippen molar-refractivity contribution in [3.8, 4) is 0 Å². The molecule has 0 saturated carbocycles. The van der Waals surface area contributed by atoms with Crippen molar-refractivity contribution in [1.82, 2.24) is 5.32 Å². The molecule has 1 rings (SSSR count). The fraction of sp³-hybridized carbons (Fsp3) is 0.500. The summed E-state index contributed by atoms with van der Waals surface area (Å²) in [5, 5.41) is 2.19. The van der Waals surface area contributed by atoms with Gasteiger partial charge in [0.05, 0.1) is 0 Å². The van der Waals surface area contributed by atoms with E-state index >= 15 is 0 Å².